The van der Waals surface area contributed by atoms with Crippen molar-refractivity contribution in [3.05, 3.63) is 42.2 Å². The summed E-state index contributed by atoms with van der Waals surface area (Å²) < 4.78 is 7.21. The number of rotatable bonds is 6. The van der Waals surface area contributed by atoms with E-state index in [1.54, 1.807) is 34.1 Å². The van der Waals surface area contributed by atoms with Gasteiger partial charge in [-0.3, -0.25) is 4.79 Å². The molecule has 1 aromatic carbocycles. The maximum absolute atomic E-state index is 12.8. The smallest absolute Gasteiger partial charge is 0.254 e. The van der Waals surface area contributed by atoms with Crippen LogP contribution < -0.4 is 4.74 Å². The van der Waals surface area contributed by atoms with Gasteiger partial charge in [-0.25, -0.2) is 4.68 Å². The monoisotopic (exact) mass is 344 g/mol. The Bertz CT molecular complexity index is 704. The molecule has 134 valence electrons. The molecule has 1 aliphatic rings. The van der Waals surface area contributed by atoms with Crippen molar-refractivity contribution in [3.63, 3.8) is 0 Å². The average Bonchev–Trinajstić information content (AvgIpc) is 3.12. The Labute approximate surface area is 147 Å². The number of aromatic nitrogens is 3. The summed E-state index contributed by atoms with van der Waals surface area (Å²) in [7, 11) is 0. The van der Waals surface area contributed by atoms with E-state index in [1.165, 1.54) is 0 Å². The molecule has 0 bridgehead atoms. The lowest BCUT2D eigenvalue weighted by atomic mass is 9.92. The van der Waals surface area contributed by atoms with Crippen LogP contribution in [0.4, 0.5) is 0 Å². The highest BCUT2D eigenvalue weighted by molar-refractivity contribution is 5.94. The van der Waals surface area contributed by atoms with Crippen molar-refractivity contribution in [1.29, 1.82) is 0 Å². The fourth-order valence-corrected chi connectivity index (χ4v) is 3.15. The van der Waals surface area contributed by atoms with Gasteiger partial charge in [-0.2, -0.15) is 0 Å². The number of amides is 1. The fraction of sp³-hybridized carbons (Fsp3) is 0.500. The molecular formula is C18H24N4O3. The zero-order valence-corrected chi connectivity index (χ0v) is 14.5. The fourth-order valence-electron chi connectivity index (χ4n) is 3.15. The Hall–Kier alpha value is -2.41. The molecule has 1 aromatic heterocycles. The maximum atomic E-state index is 12.8. The molecule has 1 amide bonds. The molecule has 0 spiro atoms. The van der Waals surface area contributed by atoms with Crippen LogP contribution in [0.2, 0.25) is 0 Å². The number of carbonyl (C=O) groups is 1. The van der Waals surface area contributed by atoms with Crippen LogP contribution in [0.5, 0.6) is 5.75 Å². The van der Waals surface area contributed by atoms with Crippen LogP contribution in [0.25, 0.3) is 0 Å². The lowest BCUT2D eigenvalue weighted by Crippen LogP contribution is -2.52. The predicted octanol–water partition coefficient (Wildman–Crippen LogP) is 1.73. The van der Waals surface area contributed by atoms with Crippen molar-refractivity contribution >= 4 is 5.91 Å². The van der Waals surface area contributed by atoms with E-state index in [1.807, 2.05) is 19.1 Å². The van der Waals surface area contributed by atoms with E-state index in [4.69, 9.17) is 4.74 Å². The molecule has 3 rings (SSSR count). The summed E-state index contributed by atoms with van der Waals surface area (Å²) in [6.45, 7) is 3.92. The Balaban J connectivity index is 1.69. The van der Waals surface area contributed by atoms with Crippen LogP contribution in [0.15, 0.2) is 36.7 Å². The van der Waals surface area contributed by atoms with Gasteiger partial charge in [0.2, 0.25) is 0 Å². The summed E-state index contributed by atoms with van der Waals surface area (Å²) in [5, 5.41) is 18.5. The largest absolute Gasteiger partial charge is 0.494 e. The van der Waals surface area contributed by atoms with Gasteiger partial charge >= 0.3 is 0 Å². The average molecular weight is 344 g/mol. The summed E-state index contributed by atoms with van der Waals surface area (Å²) in [6, 6.07) is 7.22. The number of likely N-dealkylation sites (tertiary alicyclic amines) is 1. The molecule has 25 heavy (non-hydrogen) atoms. The van der Waals surface area contributed by atoms with Gasteiger partial charge in [0.15, 0.2) is 0 Å². The second kappa shape index (κ2) is 7.65. The molecule has 7 nitrogen and oxygen atoms in total. The van der Waals surface area contributed by atoms with Crippen LogP contribution in [0, 0.1) is 0 Å². The predicted molar refractivity (Wildman–Crippen MR) is 92.3 cm³/mol. The number of ether oxygens (including phenoxy) is 1. The van der Waals surface area contributed by atoms with Crippen LogP contribution >= 0.6 is 0 Å². The molecule has 1 atom stereocenters. The summed E-state index contributed by atoms with van der Waals surface area (Å²) in [5.41, 5.74) is -0.406. The first-order valence-electron chi connectivity index (χ1n) is 8.68. The van der Waals surface area contributed by atoms with Gasteiger partial charge in [0, 0.05) is 18.3 Å². The summed E-state index contributed by atoms with van der Waals surface area (Å²) in [4.78, 5) is 14.5. The Morgan fingerprint density at radius 3 is 3.08 bits per heavy atom. The zero-order valence-electron chi connectivity index (χ0n) is 14.5. The van der Waals surface area contributed by atoms with Crippen molar-refractivity contribution in [2.24, 2.45) is 0 Å². The second-order valence-corrected chi connectivity index (χ2v) is 6.53. The van der Waals surface area contributed by atoms with E-state index in [0.717, 1.165) is 12.8 Å². The Morgan fingerprint density at radius 1 is 1.44 bits per heavy atom. The minimum Gasteiger partial charge on any atom is -0.494 e. The van der Waals surface area contributed by atoms with E-state index >= 15 is 0 Å². The molecule has 1 fully saturated rings. The molecule has 0 radical (unpaired) electrons. The number of hydrogen-bond donors (Lipinski definition) is 1. The van der Waals surface area contributed by atoms with E-state index in [2.05, 4.69) is 10.3 Å². The molecule has 0 aliphatic carbocycles. The van der Waals surface area contributed by atoms with Crippen LogP contribution in [0.1, 0.15) is 36.5 Å². The molecule has 2 heterocycles. The molecule has 0 saturated carbocycles. The molecule has 1 unspecified atom stereocenters. The highest BCUT2D eigenvalue weighted by Crippen LogP contribution is 2.25. The Kier molecular flexibility index (Phi) is 5.33. The van der Waals surface area contributed by atoms with Crippen LogP contribution in [-0.2, 0) is 6.54 Å². The summed E-state index contributed by atoms with van der Waals surface area (Å²) in [5.74, 6) is 0.612. The third-order valence-corrected chi connectivity index (χ3v) is 4.32. The van der Waals surface area contributed by atoms with Gasteiger partial charge in [0.1, 0.15) is 11.4 Å². The van der Waals surface area contributed by atoms with Crippen LogP contribution in [-0.4, -0.2) is 56.2 Å². The van der Waals surface area contributed by atoms with Gasteiger partial charge in [-0.05, 0) is 37.5 Å². The molecular weight excluding hydrogens is 320 g/mol. The Morgan fingerprint density at radius 2 is 2.32 bits per heavy atom. The van der Waals surface area contributed by atoms with Crippen LogP contribution in [0.3, 0.4) is 0 Å². The minimum absolute atomic E-state index is 0.0846. The highest BCUT2D eigenvalue weighted by atomic mass is 16.5. The normalized spacial score (nSPS) is 20.5. The number of nitrogens with zero attached hydrogens (tertiary/aromatic N) is 4. The van der Waals surface area contributed by atoms with Crippen molar-refractivity contribution in [1.82, 2.24) is 19.9 Å². The number of aliphatic hydroxyl groups is 1. The lowest BCUT2D eigenvalue weighted by molar-refractivity contribution is -0.0387. The molecule has 1 saturated heterocycles. The van der Waals surface area contributed by atoms with Crippen molar-refractivity contribution in [2.45, 2.75) is 38.3 Å². The number of benzene rings is 1. The van der Waals surface area contributed by atoms with Crippen molar-refractivity contribution < 1.29 is 14.6 Å². The summed E-state index contributed by atoms with van der Waals surface area (Å²) >= 11 is 0. The van der Waals surface area contributed by atoms with E-state index in [-0.39, 0.29) is 12.5 Å². The van der Waals surface area contributed by atoms with Crippen molar-refractivity contribution in [3.8, 4) is 5.75 Å². The number of piperidine rings is 1. The third kappa shape index (κ3) is 4.36. The van der Waals surface area contributed by atoms with E-state index < -0.39 is 5.60 Å². The lowest BCUT2D eigenvalue weighted by Gasteiger charge is -2.39. The third-order valence-electron chi connectivity index (χ3n) is 4.32. The first-order chi connectivity index (χ1) is 12.1. The summed E-state index contributed by atoms with van der Waals surface area (Å²) in [6.07, 6.45) is 5.60. The molecule has 1 aliphatic heterocycles. The van der Waals surface area contributed by atoms with Gasteiger partial charge in [-0.1, -0.05) is 18.2 Å². The van der Waals surface area contributed by atoms with E-state index in [9.17, 15) is 9.90 Å². The van der Waals surface area contributed by atoms with Gasteiger partial charge < -0.3 is 14.7 Å². The van der Waals surface area contributed by atoms with E-state index in [0.29, 0.717) is 37.4 Å². The van der Waals surface area contributed by atoms with Crippen molar-refractivity contribution in [2.75, 3.05) is 19.7 Å². The topological polar surface area (TPSA) is 80.5 Å². The quantitative estimate of drug-likeness (QED) is 0.863. The molecule has 2 aromatic rings. The minimum atomic E-state index is -0.988. The number of carbonyl (C=O) groups excluding carboxylic acids is 1. The van der Waals surface area contributed by atoms with Gasteiger partial charge in [0.25, 0.3) is 5.91 Å². The van der Waals surface area contributed by atoms with Gasteiger partial charge in [0.05, 0.1) is 25.9 Å². The second-order valence-electron chi connectivity index (χ2n) is 6.53. The SMILES string of the molecule is CCCOc1cccc(C(=O)N2CCCC(O)(Cn3ccnn3)C2)c1. The first-order valence-corrected chi connectivity index (χ1v) is 8.68. The molecule has 7 heteroatoms. The van der Waals surface area contributed by atoms with Gasteiger partial charge in [-0.15, -0.1) is 5.10 Å². The standard InChI is InChI=1S/C18H24N4O3/c1-2-11-25-16-6-3-5-15(12-16)17(23)21-9-4-7-18(24,13-21)14-22-10-8-19-20-22/h3,5-6,8,10,12,24H,2,4,7,9,11,13-14H2,1H3. The molecule has 1 N–H and O–H groups in total. The number of hydrogen-bond acceptors (Lipinski definition) is 5. The first kappa shape index (κ1) is 17.4. The maximum Gasteiger partial charge on any atom is 0.254 e. The highest BCUT2D eigenvalue weighted by Gasteiger charge is 2.36. The zero-order chi connectivity index (χ0) is 17.7. The number of β-amino-alcohol motifs (C(OH)–C–C–N with tert-alkyl or cyclic N) is 1.